The summed E-state index contributed by atoms with van der Waals surface area (Å²) in [5.74, 6) is 0.668. The van der Waals surface area contributed by atoms with E-state index in [1.54, 1.807) is 23.9 Å². The summed E-state index contributed by atoms with van der Waals surface area (Å²) in [5, 5.41) is 14.2. The number of rotatable bonds is 0. The molecule has 0 unspecified atom stereocenters. The maximum absolute atomic E-state index is 9.43. The number of nitrogens with zero attached hydrogens (tertiary/aromatic N) is 2. The highest BCUT2D eigenvalue weighted by atomic mass is 16.3. The molecule has 4 heteroatoms. The first-order valence-corrected chi connectivity index (χ1v) is 3.60. The van der Waals surface area contributed by atoms with Crippen LogP contribution in [0.15, 0.2) is 18.2 Å². The second-order valence-electron chi connectivity index (χ2n) is 2.68. The van der Waals surface area contributed by atoms with Gasteiger partial charge in [-0.1, -0.05) is 6.07 Å². The number of hydrogen-bond acceptors (Lipinski definition) is 3. The van der Waals surface area contributed by atoms with Gasteiger partial charge in [0.25, 0.3) is 0 Å². The van der Waals surface area contributed by atoms with Crippen LogP contribution in [0.1, 0.15) is 0 Å². The van der Waals surface area contributed by atoms with Gasteiger partial charge in [-0.3, -0.25) is 4.68 Å². The third kappa shape index (κ3) is 0.747. The standard InChI is InChI=1S/C8H9N3O/c1-11-8(9)7-5(10-11)3-2-4-6(7)12/h2-4,12H,9H2,1H3. The maximum Gasteiger partial charge on any atom is 0.133 e. The van der Waals surface area contributed by atoms with Gasteiger partial charge in [-0.2, -0.15) is 5.10 Å². The number of benzene rings is 1. The molecular weight excluding hydrogens is 154 g/mol. The zero-order valence-electron chi connectivity index (χ0n) is 6.65. The number of phenolic OH excluding ortho intramolecular Hbond substituents is 1. The Kier molecular flexibility index (Phi) is 1.24. The minimum Gasteiger partial charge on any atom is -0.507 e. The second kappa shape index (κ2) is 2.14. The van der Waals surface area contributed by atoms with Crippen LogP contribution in [0.5, 0.6) is 5.75 Å². The molecule has 2 aromatic rings. The zero-order valence-corrected chi connectivity index (χ0v) is 6.65. The summed E-state index contributed by atoms with van der Waals surface area (Å²) in [7, 11) is 1.74. The van der Waals surface area contributed by atoms with Crippen molar-refractivity contribution in [1.29, 1.82) is 0 Å². The van der Waals surface area contributed by atoms with Crippen LogP contribution in [0, 0.1) is 0 Å². The predicted octanol–water partition coefficient (Wildman–Crippen LogP) is 0.861. The maximum atomic E-state index is 9.43. The minimum atomic E-state index is 0.179. The van der Waals surface area contributed by atoms with Crippen LogP contribution in [0.25, 0.3) is 10.9 Å². The molecule has 1 aromatic heterocycles. The molecule has 62 valence electrons. The van der Waals surface area contributed by atoms with Gasteiger partial charge in [0.2, 0.25) is 0 Å². The van der Waals surface area contributed by atoms with Crippen molar-refractivity contribution < 1.29 is 5.11 Å². The van der Waals surface area contributed by atoms with E-state index < -0.39 is 0 Å². The molecular formula is C8H9N3O. The Balaban J connectivity index is 2.97. The van der Waals surface area contributed by atoms with Crippen LogP contribution < -0.4 is 5.73 Å². The molecule has 1 heterocycles. The first-order valence-electron chi connectivity index (χ1n) is 3.60. The third-order valence-corrected chi connectivity index (χ3v) is 1.88. The van der Waals surface area contributed by atoms with E-state index >= 15 is 0 Å². The summed E-state index contributed by atoms with van der Waals surface area (Å²) in [6.45, 7) is 0. The molecule has 2 rings (SSSR count). The topological polar surface area (TPSA) is 64.1 Å². The van der Waals surface area contributed by atoms with Crippen LogP contribution in [0.2, 0.25) is 0 Å². The van der Waals surface area contributed by atoms with Crippen LogP contribution in [0.3, 0.4) is 0 Å². The van der Waals surface area contributed by atoms with Gasteiger partial charge in [0.05, 0.1) is 10.9 Å². The van der Waals surface area contributed by atoms with E-state index in [2.05, 4.69) is 5.10 Å². The number of hydrogen-bond donors (Lipinski definition) is 2. The van der Waals surface area contributed by atoms with Gasteiger partial charge in [-0.15, -0.1) is 0 Å². The Morgan fingerprint density at radius 3 is 2.92 bits per heavy atom. The Bertz CT molecular complexity index is 433. The summed E-state index contributed by atoms with van der Waals surface area (Å²) >= 11 is 0. The van der Waals surface area contributed by atoms with Crippen molar-refractivity contribution in [3.8, 4) is 5.75 Å². The van der Waals surface area contributed by atoms with E-state index in [9.17, 15) is 5.11 Å². The van der Waals surface area contributed by atoms with Crippen LogP contribution in [-0.4, -0.2) is 14.9 Å². The van der Waals surface area contributed by atoms with E-state index in [1.165, 1.54) is 0 Å². The van der Waals surface area contributed by atoms with E-state index in [1.807, 2.05) is 6.07 Å². The lowest BCUT2D eigenvalue weighted by molar-refractivity contribution is 0.482. The van der Waals surface area contributed by atoms with E-state index in [4.69, 9.17) is 5.73 Å². The first-order chi connectivity index (χ1) is 5.70. The summed E-state index contributed by atoms with van der Waals surface area (Å²) in [4.78, 5) is 0. The van der Waals surface area contributed by atoms with E-state index in [0.717, 1.165) is 5.52 Å². The third-order valence-electron chi connectivity index (χ3n) is 1.88. The number of aromatic hydroxyl groups is 1. The average molecular weight is 163 g/mol. The first kappa shape index (κ1) is 6.97. The molecule has 0 saturated heterocycles. The van der Waals surface area contributed by atoms with E-state index in [-0.39, 0.29) is 5.75 Å². The highest BCUT2D eigenvalue weighted by Crippen LogP contribution is 2.28. The molecule has 0 atom stereocenters. The number of aryl methyl sites for hydroxylation is 1. The molecule has 3 N–H and O–H groups in total. The number of nitrogens with two attached hydrogens (primary N) is 1. The van der Waals surface area contributed by atoms with Crippen molar-refractivity contribution in [2.24, 2.45) is 7.05 Å². The molecule has 0 radical (unpaired) electrons. The monoisotopic (exact) mass is 163 g/mol. The lowest BCUT2D eigenvalue weighted by Gasteiger charge is -1.94. The SMILES string of the molecule is Cn1nc2cccc(O)c2c1N. The minimum absolute atomic E-state index is 0.179. The Morgan fingerprint density at radius 1 is 1.50 bits per heavy atom. The molecule has 4 nitrogen and oxygen atoms in total. The number of phenols is 1. The van der Waals surface area contributed by atoms with Crippen molar-refractivity contribution in [3.63, 3.8) is 0 Å². The second-order valence-corrected chi connectivity index (χ2v) is 2.68. The molecule has 0 spiro atoms. The number of anilines is 1. The van der Waals surface area contributed by atoms with Gasteiger partial charge in [0.1, 0.15) is 11.6 Å². The molecule has 1 aromatic carbocycles. The number of aromatic nitrogens is 2. The Morgan fingerprint density at radius 2 is 2.25 bits per heavy atom. The van der Waals surface area contributed by atoms with Gasteiger partial charge in [0, 0.05) is 7.05 Å². The van der Waals surface area contributed by atoms with Gasteiger partial charge >= 0.3 is 0 Å². The smallest absolute Gasteiger partial charge is 0.133 e. The molecule has 0 bridgehead atoms. The average Bonchev–Trinajstić information content (AvgIpc) is 2.29. The largest absolute Gasteiger partial charge is 0.507 e. The van der Waals surface area contributed by atoms with Crippen LogP contribution >= 0.6 is 0 Å². The fraction of sp³-hybridized carbons (Fsp3) is 0.125. The molecule has 0 saturated carbocycles. The lowest BCUT2D eigenvalue weighted by atomic mass is 10.2. The van der Waals surface area contributed by atoms with Crippen LogP contribution in [0.4, 0.5) is 5.82 Å². The fourth-order valence-electron chi connectivity index (χ4n) is 1.25. The van der Waals surface area contributed by atoms with Gasteiger partial charge in [-0.25, -0.2) is 0 Å². The summed E-state index contributed by atoms with van der Waals surface area (Å²) in [6, 6.07) is 5.15. The van der Waals surface area contributed by atoms with Gasteiger partial charge in [-0.05, 0) is 12.1 Å². The van der Waals surface area contributed by atoms with Crippen LogP contribution in [-0.2, 0) is 7.05 Å². The fourth-order valence-corrected chi connectivity index (χ4v) is 1.25. The highest BCUT2D eigenvalue weighted by Gasteiger charge is 2.08. The summed E-state index contributed by atoms with van der Waals surface area (Å²) in [6.07, 6.45) is 0. The van der Waals surface area contributed by atoms with Crippen molar-refractivity contribution in [2.45, 2.75) is 0 Å². The number of nitrogen functional groups attached to an aromatic ring is 1. The van der Waals surface area contributed by atoms with E-state index in [0.29, 0.717) is 11.2 Å². The molecule has 0 aliphatic rings. The highest BCUT2D eigenvalue weighted by molar-refractivity contribution is 5.94. The molecule has 0 amide bonds. The van der Waals surface area contributed by atoms with Gasteiger partial charge < -0.3 is 10.8 Å². The molecule has 0 aliphatic carbocycles. The van der Waals surface area contributed by atoms with Crippen molar-refractivity contribution >= 4 is 16.7 Å². The van der Waals surface area contributed by atoms with Crippen molar-refractivity contribution in [1.82, 2.24) is 9.78 Å². The molecule has 12 heavy (non-hydrogen) atoms. The molecule has 0 aliphatic heterocycles. The Hall–Kier alpha value is -1.71. The van der Waals surface area contributed by atoms with Crippen molar-refractivity contribution in [3.05, 3.63) is 18.2 Å². The summed E-state index contributed by atoms with van der Waals surface area (Å²) in [5.41, 5.74) is 6.40. The predicted molar refractivity (Wildman–Crippen MR) is 46.8 cm³/mol. The molecule has 0 fully saturated rings. The zero-order chi connectivity index (χ0) is 8.72. The normalized spacial score (nSPS) is 10.8. The Labute approximate surface area is 69.2 Å². The number of fused-ring (bicyclic) bond motifs is 1. The summed E-state index contributed by atoms with van der Waals surface area (Å²) < 4.78 is 1.55. The van der Waals surface area contributed by atoms with Gasteiger partial charge in [0.15, 0.2) is 0 Å². The quantitative estimate of drug-likeness (QED) is 0.605. The van der Waals surface area contributed by atoms with Crippen molar-refractivity contribution in [2.75, 3.05) is 5.73 Å². The lowest BCUT2D eigenvalue weighted by Crippen LogP contribution is -1.96.